The number of hydrogen-bond donors (Lipinski definition) is 2. The second kappa shape index (κ2) is 7.88. The lowest BCUT2D eigenvalue weighted by Crippen LogP contribution is -2.22. The number of hydrogen-bond acceptors (Lipinski definition) is 3. The fourth-order valence-electron chi connectivity index (χ4n) is 3.20. The number of carbonyl (C=O) groups is 1. The zero-order valence-electron chi connectivity index (χ0n) is 15.5. The first-order valence-corrected chi connectivity index (χ1v) is 9.09. The molecule has 2 aromatic heterocycles. The number of nitrogens with zero attached hydrogens (tertiary/aromatic N) is 2. The van der Waals surface area contributed by atoms with E-state index >= 15 is 0 Å². The third-order valence-electron chi connectivity index (χ3n) is 4.65. The Balaban J connectivity index is 1.56. The molecule has 0 spiro atoms. The summed E-state index contributed by atoms with van der Waals surface area (Å²) in [6, 6.07) is 19.3. The van der Waals surface area contributed by atoms with Crippen molar-refractivity contribution in [2.24, 2.45) is 0 Å². The van der Waals surface area contributed by atoms with Gasteiger partial charge in [-0.2, -0.15) is 5.10 Å². The monoisotopic (exact) mass is 368 g/mol. The Kier molecular flexibility index (Phi) is 4.97. The van der Waals surface area contributed by atoms with Gasteiger partial charge < -0.3 is 5.32 Å². The van der Waals surface area contributed by atoms with E-state index in [4.69, 9.17) is 0 Å². The molecule has 5 heteroatoms. The number of carbonyl (C=O) groups excluding carboxylic acids is 1. The van der Waals surface area contributed by atoms with Crippen LogP contribution in [0.5, 0.6) is 0 Å². The van der Waals surface area contributed by atoms with Gasteiger partial charge in [0.15, 0.2) is 0 Å². The van der Waals surface area contributed by atoms with Crippen LogP contribution >= 0.6 is 0 Å². The minimum Gasteiger partial charge on any atom is -0.348 e. The summed E-state index contributed by atoms with van der Waals surface area (Å²) >= 11 is 0. The molecule has 0 saturated carbocycles. The molecule has 0 unspecified atom stereocenters. The average molecular weight is 368 g/mol. The minimum absolute atomic E-state index is 0.0827. The molecule has 0 aliphatic heterocycles. The zero-order chi connectivity index (χ0) is 19.3. The van der Waals surface area contributed by atoms with Gasteiger partial charge in [0.2, 0.25) is 0 Å². The lowest BCUT2D eigenvalue weighted by molar-refractivity contribution is 0.0951. The first-order valence-electron chi connectivity index (χ1n) is 9.09. The molecule has 4 rings (SSSR count). The number of benzene rings is 2. The van der Waals surface area contributed by atoms with Crippen LogP contribution in [0.15, 0.2) is 79.3 Å². The number of aromatic amines is 1. The van der Waals surface area contributed by atoms with E-state index in [1.54, 1.807) is 18.3 Å². The van der Waals surface area contributed by atoms with E-state index in [1.807, 2.05) is 61.8 Å². The van der Waals surface area contributed by atoms with Crippen LogP contribution in [0.3, 0.4) is 0 Å². The number of H-pyrrole nitrogens is 1. The third kappa shape index (κ3) is 3.69. The Bertz CT molecular complexity index is 1100. The average Bonchev–Trinajstić information content (AvgIpc) is 3.23. The summed E-state index contributed by atoms with van der Waals surface area (Å²) in [7, 11) is 0. The second-order valence-corrected chi connectivity index (χ2v) is 6.60. The molecule has 2 heterocycles. The Morgan fingerprint density at radius 1 is 1.00 bits per heavy atom. The summed E-state index contributed by atoms with van der Waals surface area (Å²) in [5, 5.41) is 10.3. The molecule has 5 nitrogen and oxygen atoms in total. The molecule has 138 valence electrons. The fourth-order valence-corrected chi connectivity index (χ4v) is 3.20. The van der Waals surface area contributed by atoms with E-state index in [9.17, 15) is 4.79 Å². The molecule has 0 bridgehead atoms. The molecule has 1 amide bonds. The van der Waals surface area contributed by atoms with Crippen LogP contribution in [-0.4, -0.2) is 21.1 Å². The maximum Gasteiger partial charge on any atom is 0.251 e. The van der Waals surface area contributed by atoms with Crippen LogP contribution in [-0.2, 0) is 6.54 Å². The van der Waals surface area contributed by atoms with E-state index in [0.29, 0.717) is 12.1 Å². The van der Waals surface area contributed by atoms with E-state index in [1.165, 1.54) is 0 Å². The van der Waals surface area contributed by atoms with Crippen LogP contribution in [0.1, 0.15) is 21.5 Å². The highest BCUT2D eigenvalue weighted by molar-refractivity contribution is 5.94. The molecule has 0 aliphatic carbocycles. The van der Waals surface area contributed by atoms with Gasteiger partial charge in [0.05, 0.1) is 11.9 Å². The minimum atomic E-state index is -0.0827. The summed E-state index contributed by atoms with van der Waals surface area (Å²) in [4.78, 5) is 16.4. The molecule has 0 radical (unpaired) electrons. The summed E-state index contributed by atoms with van der Waals surface area (Å²) in [5.74, 6) is -0.0827. The highest BCUT2D eigenvalue weighted by Crippen LogP contribution is 2.31. The molecule has 0 saturated heterocycles. The second-order valence-electron chi connectivity index (χ2n) is 6.60. The zero-order valence-corrected chi connectivity index (χ0v) is 15.5. The van der Waals surface area contributed by atoms with E-state index < -0.39 is 0 Å². The van der Waals surface area contributed by atoms with Gasteiger partial charge in [-0.25, -0.2) is 0 Å². The largest absolute Gasteiger partial charge is 0.348 e. The molecular formula is C23H20N4O. The summed E-state index contributed by atoms with van der Waals surface area (Å²) in [6.07, 6.45) is 5.47. The van der Waals surface area contributed by atoms with Crippen molar-refractivity contribution >= 4 is 5.91 Å². The first kappa shape index (κ1) is 17.7. The van der Waals surface area contributed by atoms with Gasteiger partial charge in [0, 0.05) is 35.6 Å². The van der Waals surface area contributed by atoms with Crippen LogP contribution in [0.25, 0.3) is 22.4 Å². The van der Waals surface area contributed by atoms with Gasteiger partial charge in [-0.1, -0.05) is 36.4 Å². The van der Waals surface area contributed by atoms with Crippen LogP contribution in [0, 0.1) is 6.92 Å². The van der Waals surface area contributed by atoms with Crippen molar-refractivity contribution in [2.75, 3.05) is 0 Å². The normalized spacial score (nSPS) is 10.6. The Morgan fingerprint density at radius 3 is 2.68 bits per heavy atom. The summed E-state index contributed by atoms with van der Waals surface area (Å²) < 4.78 is 0. The summed E-state index contributed by atoms with van der Waals surface area (Å²) in [6.45, 7) is 2.49. The van der Waals surface area contributed by atoms with Gasteiger partial charge in [0.25, 0.3) is 5.91 Å². The Hall–Kier alpha value is -3.73. The lowest BCUT2D eigenvalue weighted by Gasteiger charge is -2.09. The number of pyridine rings is 1. The lowest BCUT2D eigenvalue weighted by atomic mass is 9.98. The van der Waals surface area contributed by atoms with Crippen molar-refractivity contribution in [1.29, 1.82) is 0 Å². The molecule has 2 aromatic carbocycles. The van der Waals surface area contributed by atoms with Crippen molar-refractivity contribution in [2.45, 2.75) is 13.5 Å². The van der Waals surface area contributed by atoms with Crippen molar-refractivity contribution in [3.05, 3.63) is 95.9 Å². The number of amides is 1. The topological polar surface area (TPSA) is 70.7 Å². The molecular weight excluding hydrogens is 348 g/mol. The van der Waals surface area contributed by atoms with Gasteiger partial charge in [-0.3, -0.25) is 14.9 Å². The first-order chi connectivity index (χ1) is 13.7. The number of aromatic nitrogens is 3. The van der Waals surface area contributed by atoms with Crippen molar-refractivity contribution < 1.29 is 4.79 Å². The van der Waals surface area contributed by atoms with Crippen LogP contribution in [0.2, 0.25) is 0 Å². The molecule has 0 aliphatic rings. The van der Waals surface area contributed by atoms with Crippen molar-refractivity contribution in [3.63, 3.8) is 0 Å². The highest BCUT2D eigenvalue weighted by Gasteiger charge is 2.12. The molecule has 4 aromatic rings. The van der Waals surface area contributed by atoms with Crippen LogP contribution in [0.4, 0.5) is 0 Å². The predicted octanol–water partition coefficient (Wildman–Crippen LogP) is 4.38. The molecule has 28 heavy (non-hydrogen) atoms. The van der Waals surface area contributed by atoms with E-state index in [-0.39, 0.29) is 5.91 Å². The Morgan fingerprint density at radius 2 is 1.86 bits per heavy atom. The number of nitrogens with one attached hydrogen (secondary N) is 2. The van der Waals surface area contributed by atoms with Gasteiger partial charge in [-0.15, -0.1) is 0 Å². The van der Waals surface area contributed by atoms with Gasteiger partial charge >= 0.3 is 0 Å². The Labute approximate surface area is 163 Å². The third-order valence-corrected chi connectivity index (χ3v) is 4.65. The smallest absolute Gasteiger partial charge is 0.251 e. The number of aryl methyl sites for hydroxylation is 1. The maximum atomic E-state index is 12.3. The SMILES string of the molecule is Cc1cnccc1-c1cn[nH]c1-c1cccc(CNC(=O)c2ccccc2)c1. The standard InChI is InChI=1S/C23H20N4O/c1-16-13-24-11-10-20(16)21-15-26-27-22(21)19-9-5-6-17(12-19)14-25-23(28)18-7-3-2-4-8-18/h2-13,15H,14H2,1H3,(H,25,28)(H,26,27). The van der Waals surface area contributed by atoms with E-state index in [0.717, 1.165) is 33.5 Å². The van der Waals surface area contributed by atoms with Crippen molar-refractivity contribution in [3.8, 4) is 22.4 Å². The molecule has 0 atom stereocenters. The summed E-state index contributed by atoms with van der Waals surface area (Å²) in [5.41, 5.74) is 6.88. The predicted molar refractivity (Wildman–Crippen MR) is 110 cm³/mol. The maximum absolute atomic E-state index is 12.3. The molecule has 0 fully saturated rings. The van der Waals surface area contributed by atoms with Crippen LogP contribution < -0.4 is 5.32 Å². The van der Waals surface area contributed by atoms with E-state index in [2.05, 4.69) is 26.6 Å². The fraction of sp³-hybridized carbons (Fsp3) is 0.0870. The highest BCUT2D eigenvalue weighted by atomic mass is 16.1. The van der Waals surface area contributed by atoms with Gasteiger partial charge in [0.1, 0.15) is 0 Å². The molecule has 2 N–H and O–H groups in total. The number of rotatable bonds is 5. The quantitative estimate of drug-likeness (QED) is 0.549. The van der Waals surface area contributed by atoms with Gasteiger partial charge in [-0.05, 0) is 47.9 Å². The van der Waals surface area contributed by atoms with Crippen molar-refractivity contribution in [1.82, 2.24) is 20.5 Å².